The van der Waals surface area contributed by atoms with Crippen LogP contribution in [0.3, 0.4) is 0 Å². The second-order valence-corrected chi connectivity index (χ2v) is 9.03. The fourth-order valence-electron chi connectivity index (χ4n) is 4.46. The molecular weight excluding hydrogens is 438 g/mol. The third-order valence-corrected chi connectivity index (χ3v) is 6.34. The van der Waals surface area contributed by atoms with Crippen LogP contribution in [-0.4, -0.2) is 61.7 Å². The highest BCUT2D eigenvalue weighted by Crippen LogP contribution is 2.27. The molecule has 3 aromatic rings. The predicted octanol–water partition coefficient (Wildman–Crippen LogP) is 0.981. The maximum absolute atomic E-state index is 12.7. The lowest BCUT2D eigenvalue weighted by molar-refractivity contribution is -0.135. The van der Waals surface area contributed by atoms with E-state index in [1.165, 1.54) is 12.1 Å². The molecule has 0 radical (unpaired) electrons. The summed E-state index contributed by atoms with van der Waals surface area (Å²) in [5.41, 5.74) is 6.93. The number of aromatic amines is 1. The van der Waals surface area contributed by atoms with Crippen LogP contribution >= 0.6 is 0 Å². The van der Waals surface area contributed by atoms with Crippen LogP contribution < -0.4 is 16.7 Å². The van der Waals surface area contributed by atoms with E-state index in [1.54, 1.807) is 22.5 Å². The van der Waals surface area contributed by atoms with Gasteiger partial charge in [0.05, 0.1) is 23.1 Å². The molecule has 1 atom stereocenters. The summed E-state index contributed by atoms with van der Waals surface area (Å²) in [7, 11) is 0. The highest BCUT2D eigenvalue weighted by molar-refractivity contribution is 5.90. The quantitative estimate of drug-likeness (QED) is 0.341. The lowest BCUT2D eigenvalue weighted by Gasteiger charge is -2.33. The van der Waals surface area contributed by atoms with Crippen molar-refractivity contribution in [2.24, 2.45) is 5.73 Å². The molecule has 2 heterocycles. The molecule has 6 N–H and O–H groups in total. The van der Waals surface area contributed by atoms with Crippen molar-refractivity contribution in [2.45, 2.75) is 37.8 Å². The van der Waals surface area contributed by atoms with Crippen LogP contribution in [0.4, 0.5) is 0 Å². The second kappa shape index (κ2) is 9.22. The van der Waals surface area contributed by atoms with Crippen molar-refractivity contribution in [2.75, 3.05) is 19.6 Å². The van der Waals surface area contributed by atoms with Gasteiger partial charge in [0.1, 0.15) is 0 Å². The van der Waals surface area contributed by atoms with E-state index in [0.29, 0.717) is 31.5 Å². The van der Waals surface area contributed by atoms with Gasteiger partial charge in [-0.15, -0.1) is 0 Å². The largest absolute Gasteiger partial charge is 0.504 e. The van der Waals surface area contributed by atoms with E-state index in [0.717, 1.165) is 11.0 Å². The van der Waals surface area contributed by atoms with Gasteiger partial charge in [-0.3, -0.25) is 14.2 Å². The van der Waals surface area contributed by atoms with Gasteiger partial charge in [0, 0.05) is 19.1 Å². The van der Waals surface area contributed by atoms with Gasteiger partial charge in [-0.1, -0.05) is 18.2 Å². The number of benzene rings is 2. The van der Waals surface area contributed by atoms with Crippen molar-refractivity contribution in [3.63, 3.8) is 0 Å². The molecule has 1 aliphatic rings. The summed E-state index contributed by atoms with van der Waals surface area (Å²) in [4.78, 5) is 42.3. The number of aromatic hydroxyl groups is 2. The molecule has 10 heteroatoms. The van der Waals surface area contributed by atoms with Crippen LogP contribution in [0.25, 0.3) is 11.0 Å². The fraction of sp³-hybridized carbons (Fsp3) is 0.375. The number of nitrogens with two attached hydrogens (primary N) is 1. The van der Waals surface area contributed by atoms with E-state index in [2.05, 4.69) is 10.3 Å². The monoisotopic (exact) mass is 467 g/mol. The number of phenols is 2. The second-order valence-electron chi connectivity index (χ2n) is 9.03. The van der Waals surface area contributed by atoms with Gasteiger partial charge in [0.15, 0.2) is 11.5 Å². The first-order valence-electron chi connectivity index (χ1n) is 11.2. The van der Waals surface area contributed by atoms with Gasteiger partial charge in [0.2, 0.25) is 11.8 Å². The van der Waals surface area contributed by atoms with Crippen LogP contribution in [0.1, 0.15) is 31.4 Å². The van der Waals surface area contributed by atoms with Crippen LogP contribution in [-0.2, 0) is 16.0 Å². The number of carbonyl (C=O) groups excluding carboxylic acids is 2. The van der Waals surface area contributed by atoms with Crippen LogP contribution in [0.2, 0.25) is 0 Å². The minimum Gasteiger partial charge on any atom is -0.504 e. The van der Waals surface area contributed by atoms with Crippen LogP contribution in [0.15, 0.2) is 47.3 Å². The number of rotatable bonds is 6. The van der Waals surface area contributed by atoms with E-state index in [4.69, 9.17) is 5.73 Å². The van der Waals surface area contributed by atoms with E-state index in [9.17, 15) is 24.6 Å². The van der Waals surface area contributed by atoms with E-state index >= 15 is 0 Å². The number of likely N-dealkylation sites (tertiary alicyclic amines) is 1. The van der Waals surface area contributed by atoms with Gasteiger partial charge in [-0.05, 0) is 56.0 Å². The van der Waals surface area contributed by atoms with Crippen molar-refractivity contribution in [1.29, 1.82) is 0 Å². The number of nitrogens with one attached hydrogen (secondary N) is 2. The van der Waals surface area contributed by atoms with Gasteiger partial charge in [-0.2, -0.15) is 0 Å². The Balaban J connectivity index is 1.30. The molecule has 1 fully saturated rings. The molecule has 10 nitrogen and oxygen atoms in total. The lowest BCUT2D eigenvalue weighted by atomic mass is 9.92. The molecule has 180 valence electrons. The van der Waals surface area contributed by atoms with Crippen molar-refractivity contribution >= 4 is 22.8 Å². The Bertz CT molecular complexity index is 1270. The first-order chi connectivity index (χ1) is 16.2. The molecule has 1 aromatic heterocycles. The SMILES string of the molecule is C[C@](N)(Cc1ccc(O)c(O)c1)C(=O)NCC(=O)N1CCC(n2c(=O)[nH]c3ccccc32)CC1. The summed E-state index contributed by atoms with van der Waals surface area (Å²) < 4.78 is 1.76. The Hall–Kier alpha value is -3.79. The molecule has 0 aliphatic carbocycles. The number of fused-ring (bicyclic) bond motifs is 1. The smallest absolute Gasteiger partial charge is 0.326 e. The summed E-state index contributed by atoms with van der Waals surface area (Å²) in [6.07, 6.45) is 1.40. The number of carbonyl (C=O) groups is 2. The van der Waals surface area contributed by atoms with Crippen molar-refractivity contribution in [3.05, 3.63) is 58.5 Å². The molecule has 1 saturated heterocycles. The number of piperidine rings is 1. The molecule has 0 saturated carbocycles. The number of hydrogen-bond acceptors (Lipinski definition) is 6. The maximum atomic E-state index is 12.7. The van der Waals surface area contributed by atoms with Gasteiger partial charge in [-0.25, -0.2) is 4.79 Å². The fourth-order valence-corrected chi connectivity index (χ4v) is 4.46. The Kier molecular flexibility index (Phi) is 6.34. The Labute approximate surface area is 196 Å². The molecule has 0 unspecified atom stereocenters. The van der Waals surface area contributed by atoms with Crippen molar-refractivity contribution < 1.29 is 19.8 Å². The zero-order valence-electron chi connectivity index (χ0n) is 19.0. The Morgan fingerprint density at radius 1 is 1.15 bits per heavy atom. The summed E-state index contributed by atoms with van der Waals surface area (Å²) >= 11 is 0. The lowest BCUT2D eigenvalue weighted by Crippen LogP contribution is -2.55. The minimum atomic E-state index is -1.31. The summed E-state index contributed by atoms with van der Waals surface area (Å²) in [5, 5.41) is 21.7. The molecule has 0 spiro atoms. The average Bonchev–Trinajstić information content (AvgIpc) is 3.15. The number of H-pyrrole nitrogens is 1. The Morgan fingerprint density at radius 2 is 1.85 bits per heavy atom. The molecule has 4 rings (SSSR count). The molecule has 2 aromatic carbocycles. The number of aromatic nitrogens is 2. The number of para-hydroxylation sites is 2. The molecule has 1 aliphatic heterocycles. The number of imidazole rings is 1. The molecule has 2 amide bonds. The third kappa shape index (κ3) is 4.76. The Morgan fingerprint density at radius 3 is 2.56 bits per heavy atom. The number of hydrogen-bond donors (Lipinski definition) is 5. The molecule has 0 bridgehead atoms. The van der Waals surface area contributed by atoms with Crippen molar-refractivity contribution in [3.8, 4) is 11.5 Å². The standard InChI is InChI=1S/C24H29N5O5/c1-24(25,13-15-6-7-19(30)20(31)12-15)22(33)26-14-21(32)28-10-8-16(9-11-28)29-18-5-3-2-4-17(18)27-23(29)34/h2-7,12,16,30-31H,8-11,13-14,25H2,1H3,(H,26,33)(H,27,34)/t24-/m0/s1. The topological polar surface area (TPSA) is 154 Å². The van der Waals surface area contributed by atoms with E-state index in [1.807, 2.05) is 24.3 Å². The summed E-state index contributed by atoms with van der Waals surface area (Å²) in [6, 6.07) is 11.8. The zero-order chi connectivity index (χ0) is 24.5. The number of nitrogens with zero attached hydrogens (tertiary/aromatic N) is 2. The summed E-state index contributed by atoms with van der Waals surface area (Å²) in [5.74, 6) is -1.25. The number of phenolic OH excluding ortho intramolecular Hbond substituents is 2. The predicted molar refractivity (Wildman–Crippen MR) is 126 cm³/mol. The molecular formula is C24H29N5O5. The van der Waals surface area contributed by atoms with Gasteiger partial charge >= 0.3 is 5.69 Å². The summed E-state index contributed by atoms with van der Waals surface area (Å²) in [6.45, 7) is 2.33. The third-order valence-electron chi connectivity index (χ3n) is 6.34. The maximum Gasteiger partial charge on any atom is 0.326 e. The van der Waals surface area contributed by atoms with Crippen LogP contribution in [0.5, 0.6) is 11.5 Å². The first kappa shape index (κ1) is 23.4. The van der Waals surface area contributed by atoms with E-state index < -0.39 is 11.4 Å². The van der Waals surface area contributed by atoms with Gasteiger partial charge < -0.3 is 31.1 Å². The van der Waals surface area contributed by atoms with E-state index in [-0.39, 0.29) is 42.1 Å². The average molecular weight is 468 g/mol. The normalized spacial score (nSPS) is 16.4. The van der Waals surface area contributed by atoms with Crippen LogP contribution in [0, 0.1) is 0 Å². The molecule has 34 heavy (non-hydrogen) atoms. The first-order valence-corrected chi connectivity index (χ1v) is 11.2. The van der Waals surface area contributed by atoms with Crippen molar-refractivity contribution in [1.82, 2.24) is 19.8 Å². The highest BCUT2D eigenvalue weighted by atomic mass is 16.3. The highest BCUT2D eigenvalue weighted by Gasteiger charge is 2.31. The zero-order valence-corrected chi connectivity index (χ0v) is 19.0. The minimum absolute atomic E-state index is 0.00338. The van der Waals surface area contributed by atoms with Gasteiger partial charge in [0.25, 0.3) is 0 Å². The number of amides is 2.